The molecule has 0 radical (unpaired) electrons. The van der Waals surface area contributed by atoms with E-state index in [0.29, 0.717) is 18.7 Å². The number of thioether (sulfide) groups is 1. The van der Waals surface area contributed by atoms with E-state index < -0.39 is 0 Å². The molecular weight excluding hydrogens is 352 g/mol. The number of hydrogen-bond acceptors (Lipinski definition) is 3. The minimum atomic E-state index is -0.00138. The molecule has 25 heavy (non-hydrogen) atoms. The van der Waals surface area contributed by atoms with E-state index in [4.69, 9.17) is 5.73 Å². The third-order valence-electron chi connectivity index (χ3n) is 4.62. The summed E-state index contributed by atoms with van der Waals surface area (Å²) in [4.78, 5) is 13.7. The lowest BCUT2D eigenvalue weighted by molar-refractivity contribution is 0.0949. The van der Waals surface area contributed by atoms with Crippen LogP contribution in [-0.4, -0.2) is 17.2 Å². The molecule has 0 heterocycles. The van der Waals surface area contributed by atoms with Gasteiger partial charge in [0.1, 0.15) is 0 Å². The zero-order chi connectivity index (χ0) is 16.8. The van der Waals surface area contributed by atoms with E-state index in [-0.39, 0.29) is 23.1 Å². The van der Waals surface area contributed by atoms with Crippen molar-refractivity contribution in [2.45, 2.75) is 41.9 Å². The molecule has 3 N–H and O–H groups in total. The normalized spacial score (nSPS) is 15.4. The summed E-state index contributed by atoms with van der Waals surface area (Å²) in [6.45, 7) is 1.21. The second kappa shape index (κ2) is 9.27. The van der Waals surface area contributed by atoms with E-state index in [1.54, 1.807) is 0 Å². The Bertz CT molecular complexity index is 670. The van der Waals surface area contributed by atoms with Crippen LogP contribution in [0.1, 0.15) is 41.6 Å². The SMILES string of the molecule is Cl.NCc1ccc(C(=O)NCC2(Sc3ccccc3)CCCC2)cc1. The average Bonchev–Trinajstić information content (AvgIpc) is 3.09. The van der Waals surface area contributed by atoms with Gasteiger partial charge in [-0.25, -0.2) is 0 Å². The molecule has 1 fully saturated rings. The van der Waals surface area contributed by atoms with E-state index in [2.05, 4.69) is 29.6 Å². The minimum Gasteiger partial charge on any atom is -0.351 e. The first kappa shape index (κ1) is 19.8. The third-order valence-corrected chi connectivity index (χ3v) is 6.11. The number of halogens is 1. The Morgan fingerprint density at radius 1 is 1.04 bits per heavy atom. The quantitative estimate of drug-likeness (QED) is 0.785. The highest BCUT2D eigenvalue weighted by Crippen LogP contribution is 2.44. The molecule has 0 unspecified atom stereocenters. The molecule has 5 heteroatoms. The van der Waals surface area contributed by atoms with Gasteiger partial charge in [-0.2, -0.15) is 0 Å². The van der Waals surface area contributed by atoms with Gasteiger partial charge in [0.15, 0.2) is 0 Å². The van der Waals surface area contributed by atoms with Crippen molar-refractivity contribution in [2.24, 2.45) is 5.73 Å². The Labute approximate surface area is 160 Å². The summed E-state index contributed by atoms with van der Waals surface area (Å²) in [6.07, 6.45) is 4.78. The maximum atomic E-state index is 12.4. The first-order valence-electron chi connectivity index (χ1n) is 8.52. The molecule has 0 atom stereocenters. The zero-order valence-corrected chi connectivity index (χ0v) is 15.9. The van der Waals surface area contributed by atoms with Gasteiger partial charge in [-0.3, -0.25) is 4.79 Å². The summed E-state index contributed by atoms with van der Waals surface area (Å²) in [7, 11) is 0. The van der Waals surface area contributed by atoms with Crippen molar-refractivity contribution in [3.63, 3.8) is 0 Å². The fourth-order valence-electron chi connectivity index (χ4n) is 3.21. The molecule has 3 rings (SSSR count). The van der Waals surface area contributed by atoms with E-state index in [9.17, 15) is 4.79 Å². The molecule has 0 saturated heterocycles. The van der Waals surface area contributed by atoms with Crippen LogP contribution in [0.3, 0.4) is 0 Å². The molecule has 2 aromatic rings. The number of amides is 1. The van der Waals surface area contributed by atoms with E-state index in [1.165, 1.54) is 17.7 Å². The van der Waals surface area contributed by atoms with E-state index >= 15 is 0 Å². The van der Waals surface area contributed by atoms with Crippen LogP contribution in [0.15, 0.2) is 59.5 Å². The van der Waals surface area contributed by atoms with Gasteiger partial charge in [-0.1, -0.05) is 43.2 Å². The molecule has 0 aliphatic heterocycles. The molecule has 0 aromatic heterocycles. The van der Waals surface area contributed by atoms with Gasteiger partial charge < -0.3 is 11.1 Å². The first-order valence-corrected chi connectivity index (χ1v) is 9.34. The maximum Gasteiger partial charge on any atom is 0.251 e. The highest BCUT2D eigenvalue weighted by Gasteiger charge is 2.35. The van der Waals surface area contributed by atoms with Crippen LogP contribution >= 0.6 is 24.2 Å². The van der Waals surface area contributed by atoms with Crippen LogP contribution < -0.4 is 11.1 Å². The number of hydrogen-bond donors (Lipinski definition) is 2. The molecule has 0 spiro atoms. The molecule has 3 nitrogen and oxygen atoms in total. The number of carbonyl (C=O) groups excluding carboxylic acids is 1. The topological polar surface area (TPSA) is 55.1 Å². The summed E-state index contributed by atoms with van der Waals surface area (Å²) in [6, 6.07) is 18.0. The van der Waals surface area contributed by atoms with E-state index in [0.717, 1.165) is 18.4 Å². The number of benzene rings is 2. The van der Waals surface area contributed by atoms with E-state index in [1.807, 2.05) is 42.1 Å². The van der Waals surface area contributed by atoms with Crippen molar-refractivity contribution in [2.75, 3.05) is 6.54 Å². The molecule has 1 saturated carbocycles. The second-order valence-corrected chi connectivity index (χ2v) is 7.93. The number of nitrogens with one attached hydrogen (secondary N) is 1. The maximum absolute atomic E-state index is 12.4. The van der Waals surface area contributed by atoms with Crippen molar-refractivity contribution in [1.82, 2.24) is 5.32 Å². The first-order chi connectivity index (χ1) is 11.7. The third kappa shape index (κ3) is 5.24. The fourth-order valence-corrected chi connectivity index (χ4v) is 4.64. The van der Waals surface area contributed by atoms with Crippen LogP contribution in [0.25, 0.3) is 0 Å². The van der Waals surface area contributed by atoms with Gasteiger partial charge in [-0.05, 0) is 42.7 Å². The summed E-state index contributed by atoms with van der Waals surface area (Å²) in [5.41, 5.74) is 7.34. The Hall–Kier alpha value is -1.49. The minimum absolute atomic E-state index is 0. The molecule has 2 aromatic carbocycles. The summed E-state index contributed by atoms with van der Waals surface area (Å²) < 4.78 is 0.119. The Morgan fingerprint density at radius 2 is 1.68 bits per heavy atom. The second-order valence-electron chi connectivity index (χ2n) is 6.39. The lowest BCUT2D eigenvalue weighted by atomic mass is 10.1. The monoisotopic (exact) mass is 376 g/mol. The summed E-state index contributed by atoms with van der Waals surface area (Å²) in [5.74, 6) is -0.00138. The summed E-state index contributed by atoms with van der Waals surface area (Å²) in [5, 5.41) is 3.15. The average molecular weight is 377 g/mol. The Balaban J connectivity index is 0.00000225. The fraction of sp³-hybridized carbons (Fsp3) is 0.350. The molecule has 0 bridgehead atoms. The lowest BCUT2D eigenvalue weighted by Crippen LogP contribution is -2.38. The molecular formula is C20H25ClN2OS. The van der Waals surface area contributed by atoms with Gasteiger partial charge in [0.25, 0.3) is 5.91 Å². The Morgan fingerprint density at radius 3 is 2.28 bits per heavy atom. The van der Waals surface area contributed by atoms with Crippen molar-refractivity contribution in [3.8, 4) is 0 Å². The predicted octanol–water partition coefficient (Wildman–Crippen LogP) is 4.40. The van der Waals surface area contributed by atoms with Crippen LogP contribution in [0.2, 0.25) is 0 Å². The van der Waals surface area contributed by atoms with Gasteiger partial charge in [0, 0.05) is 28.3 Å². The Kier molecular flexibility index (Phi) is 7.36. The van der Waals surface area contributed by atoms with Gasteiger partial charge in [0.05, 0.1) is 0 Å². The van der Waals surface area contributed by atoms with Crippen LogP contribution in [0, 0.1) is 0 Å². The number of nitrogens with two attached hydrogens (primary N) is 1. The molecule has 1 aliphatic carbocycles. The lowest BCUT2D eigenvalue weighted by Gasteiger charge is -2.28. The smallest absolute Gasteiger partial charge is 0.251 e. The molecule has 134 valence electrons. The highest BCUT2D eigenvalue weighted by atomic mass is 35.5. The highest BCUT2D eigenvalue weighted by molar-refractivity contribution is 8.00. The molecule has 1 amide bonds. The van der Waals surface area contributed by atoms with Gasteiger partial charge in [0.2, 0.25) is 0 Å². The van der Waals surface area contributed by atoms with Crippen molar-refractivity contribution >= 4 is 30.1 Å². The number of carbonyl (C=O) groups is 1. The standard InChI is InChI=1S/C20H24N2OS.ClH/c21-14-16-8-10-17(11-9-16)19(23)22-15-20(12-4-5-13-20)24-18-6-2-1-3-7-18;/h1-3,6-11H,4-5,12-15,21H2,(H,22,23);1H. The van der Waals surface area contributed by atoms with Crippen LogP contribution in [-0.2, 0) is 6.54 Å². The largest absolute Gasteiger partial charge is 0.351 e. The van der Waals surface area contributed by atoms with Crippen LogP contribution in [0.5, 0.6) is 0 Å². The van der Waals surface area contributed by atoms with Crippen molar-refractivity contribution in [3.05, 3.63) is 65.7 Å². The summed E-state index contributed by atoms with van der Waals surface area (Å²) >= 11 is 1.91. The molecule has 1 aliphatic rings. The van der Waals surface area contributed by atoms with Crippen molar-refractivity contribution in [1.29, 1.82) is 0 Å². The predicted molar refractivity (Wildman–Crippen MR) is 107 cm³/mol. The van der Waals surface area contributed by atoms with Gasteiger partial charge in [-0.15, -0.1) is 24.2 Å². The number of rotatable bonds is 6. The van der Waals surface area contributed by atoms with Crippen LogP contribution in [0.4, 0.5) is 0 Å². The van der Waals surface area contributed by atoms with Gasteiger partial charge >= 0.3 is 0 Å². The van der Waals surface area contributed by atoms with Crippen molar-refractivity contribution < 1.29 is 4.79 Å². The zero-order valence-electron chi connectivity index (χ0n) is 14.2.